The lowest BCUT2D eigenvalue weighted by Gasteiger charge is -2.58. The third-order valence-electron chi connectivity index (χ3n) is 9.41. The number of fused-ring (bicyclic) bond motifs is 7. The number of ketones is 1. The van der Waals surface area contributed by atoms with E-state index in [4.69, 9.17) is 0 Å². The molecule has 9 atom stereocenters. The summed E-state index contributed by atoms with van der Waals surface area (Å²) in [6.07, 6.45) is 10.7. The molecule has 25 heavy (non-hydrogen) atoms. The van der Waals surface area contributed by atoms with Crippen molar-refractivity contribution in [2.45, 2.75) is 52.4 Å². The number of carbonyl (C=O) groups excluding carboxylic acids is 1. The van der Waals surface area contributed by atoms with Crippen LogP contribution in [0.25, 0.3) is 0 Å². The van der Waals surface area contributed by atoms with Gasteiger partial charge in [-0.25, -0.2) is 0 Å². The van der Waals surface area contributed by atoms with Crippen LogP contribution in [-0.2, 0) is 4.79 Å². The molecular weight excluding hydrogens is 306 g/mol. The fourth-order valence-corrected chi connectivity index (χ4v) is 8.06. The van der Waals surface area contributed by atoms with E-state index >= 15 is 0 Å². The minimum Gasteiger partial charge on any atom is -0.295 e. The van der Waals surface area contributed by atoms with Crippen LogP contribution in [0.4, 0.5) is 0 Å². The van der Waals surface area contributed by atoms with Gasteiger partial charge in [0.25, 0.3) is 0 Å². The molecule has 0 spiro atoms. The van der Waals surface area contributed by atoms with Gasteiger partial charge in [0.1, 0.15) is 0 Å². The Kier molecular flexibility index (Phi) is 3.09. The van der Waals surface area contributed by atoms with Gasteiger partial charge < -0.3 is 0 Å². The Bertz CT molecular complexity index is 729. The van der Waals surface area contributed by atoms with Crippen molar-refractivity contribution in [3.05, 3.63) is 24.3 Å². The molecule has 132 valence electrons. The van der Waals surface area contributed by atoms with E-state index in [0.29, 0.717) is 41.3 Å². The Morgan fingerprint density at radius 3 is 2.84 bits per heavy atom. The predicted octanol–water partition coefficient (Wildman–Crippen LogP) is 4.93. The monoisotopic (exact) mass is 335 g/mol. The quantitative estimate of drug-likeness (QED) is 0.638. The number of allylic oxidation sites excluding steroid dienone is 2. The smallest absolute Gasteiger partial charge is 0.155 e. The molecule has 0 radical (unpaired) electrons. The van der Waals surface area contributed by atoms with Crippen molar-refractivity contribution in [2.24, 2.45) is 52.3 Å². The first-order chi connectivity index (χ1) is 11.9. The van der Waals surface area contributed by atoms with Crippen LogP contribution < -0.4 is 0 Å². The first kappa shape index (κ1) is 15.9. The van der Waals surface area contributed by atoms with E-state index in [9.17, 15) is 10.1 Å². The molecule has 5 aliphatic rings. The topological polar surface area (TPSA) is 40.9 Å². The van der Waals surface area contributed by atoms with Crippen LogP contribution in [0.2, 0.25) is 0 Å². The van der Waals surface area contributed by atoms with Crippen LogP contribution >= 0.6 is 0 Å². The van der Waals surface area contributed by atoms with Crippen molar-refractivity contribution in [3.8, 4) is 6.07 Å². The molecule has 0 heterocycles. The summed E-state index contributed by atoms with van der Waals surface area (Å²) in [6.45, 7) is 8.87. The van der Waals surface area contributed by atoms with Gasteiger partial charge in [-0.3, -0.25) is 4.79 Å². The SMILES string of the molecule is C=C[C@H]1CC2=CC(=O)CC[C@@H]2[C@H]2CC[C@@]3(C)[C@@H]([C@@H]4C[C@@H]4[C@]3(C)C#N)[C@@H]21. The molecule has 0 N–H and O–H groups in total. The van der Waals surface area contributed by atoms with Crippen LogP contribution in [0.1, 0.15) is 52.4 Å². The Balaban J connectivity index is 1.58. The first-order valence-corrected chi connectivity index (χ1v) is 10.2. The molecule has 0 aromatic heterocycles. The lowest BCUT2D eigenvalue weighted by Crippen LogP contribution is -2.53. The average molecular weight is 335 g/mol. The molecule has 2 heteroatoms. The van der Waals surface area contributed by atoms with Gasteiger partial charge >= 0.3 is 0 Å². The Morgan fingerprint density at radius 1 is 1.32 bits per heavy atom. The van der Waals surface area contributed by atoms with Crippen molar-refractivity contribution < 1.29 is 4.79 Å². The molecule has 0 unspecified atom stereocenters. The summed E-state index contributed by atoms with van der Waals surface area (Å²) in [4.78, 5) is 12.0. The van der Waals surface area contributed by atoms with E-state index < -0.39 is 0 Å². The number of carbonyl (C=O) groups is 1. The van der Waals surface area contributed by atoms with Gasteiger partial charge in [-0.2, -0.15) is 5.26 Å². The summed E-state index contributed by atoms with van der Waals surface area (Å²) in [7, 11) is 0. The third-order valence-corrected chi connectivity index (χ3v) is 9.41. The van der Waals surface area contributed by atoms with E-state index in [1.54, 1.807) is 0 Å². The number of nitrogens with zero attached hydrogens (tertiary/aromatic N) is 1. The fourth-order valence-electron chi connectivity index (χ4n) is 8.06. The number of nitriles is 1. The third kappa shape index (κ3) is 1.78. The molecule has 4 fully saturated rings. The maximum Gasteiger partial charge on any atom is 0.155 e. The number of hydrogen-bond acceptors (Lipinski definition) is 2. The van der Waals surface area contributed by atoms with Gasteiger partial charge in [-0.15, -0.1) is 6.58 Å². The molecule has 5 aliphatic carbocycles. The molecule has 0 saturated heterocycles. The summed E-state index contributed by atoms with van der Waals surface area (Å²) in [6, 6.07) is 2.78. The lowest BCUT2D eigenvalue weighted by molar-refractivity contribution is -0.116. The average Bonchev–Trinajstić information content (AvgIpc) is 3.36. The summed E-state index contributed by atoms with van der Waals surface area (Å²) < 4.78 is 0. The highest BCUT2D eigenvalue weighted by molar-refractivity contribution is 5.91. The Hall–Kier alpha value is -1.36. The van der Waals surface area contributed by atoms with Crippen molar-refractivity contribution in [2.75, 3.05) is 0 Å². The lowest BCUT2D eigenvalue weighted by atomic mass is 9.45. The predicted molar refractivity (Wildman–Crippen MR) is 97.2 cm³/mol. The zero-order valence-electron chi connectivity index (χ0n) is 15.5. The molecule has 0 bridgehead atoms. The second-order valence-corrected chi connectivity index (χ2v) is 9.98. The molecule has 0 aromatic carbocycles. The molecule has 5 rings (SSSR count). The van der Waals surface area contributed by atoms with Crippen LogP contribution in [0.15, 0.2) is 24.3 Å². The summed E-state index contributed by atoms with van der Waals surface area (Å²) in [5, 5.41) is 10.0. The fraction of sp³-hybridized carbons (Fsp3) is 0.739. The minimum absolute atomic E-state index is 0.141. The van der Waals surface area contributed by atoms with Gasteiger partial charge in [0.15, 0.2) is 5.78 Å². The molecule has 0 aliphatic heterocycles. The van der Waals surface area contributed by atoms with Gasteiger partial charge in [0, 0.05) is 6.42 Å². The van der Waals surface area contributed by atoms with E-state index in [1.165, 1.54) is 24.8 Å². The molecule has 4 saturated carbocycles. The van der Waals surface area contributed by atoms with E-state index in [2.05, 4.69) is 32.6 Å². The molecular formula is C23H29NO. The van der Waals surface area contributed by atoms with Gasteiger partial charge in [0.2, 0.25) is 0 Å². The second-order valence-electron chi connectivity index (χ2n) is 9.98. The molecule has 0 aromatic rings. The van der Waals surface area contributed by atoms with Crippen molar-refractivity contribution in [1.82, 2.24) is 0 Å². The number of rotatable bonds is 1. The summed E-state index contributed by atoms with van der Waals surface area (Å²) in [5.74, 6) is 4.90. The van der Waals surface area contributed by atoms with Crippen molar-refractivity contribution in [1.29, 1.82) is 5.26 Å². The van der Waals surface area contributed by atoms with Crippen LogP contribution in [0, 0.1) is 63.6 Å². The van der Waals surface area contributed by atoms with Crippen molar-refractivity contribution in [3.63, 3.8) is 0 Å². The van der Waals surface area contributed by atoms with Crippen LogP contribution in [-0.4, -0.2) is 5.78 Å². The zero-order chi connectivity index (χ0) is 17.6. The van der Waals surface area contributed by atoms with Crippen LogP contribution in [0.3, 0.4) is 0 Å². The normalized spacial score (nSPS) is 55.8. The maximum atomic E-state index is 12.0. The minimum atomic E-state index is -0.141. The highest BCUT2D eigenvalue weighted by Crippen LogP contribution is 2.79. The van der Waals surface area contributed by atoms with Crippen LogP contribution in [0.5, 0.6) is 0 Å². The van der Waals surface area contributed by atoms with Crippen molar-refractivity contribution >= 4 is 5.78 Å². The summed E-state index contributed by atoms with van der Waals surface area (Å²) >= 11 is 0. The first-order valence-electron chi connectivity index (χ1n) is 10.2. The molecule has 0 amide bonds. The Morgan fingerprint density at radius 2 is 2.12 bits per heavy atom. The Labute approximate surface area is 151 Å². The number of hydrogen-bond donors (Lipinski definition) is 0. The standard InChI is InChI=1S/C23H29NO/c1-4-13-9-14-10-15(25)5-6-16(14)17-7-8-22(2)21(20(13)17)18-11-19(18)23(22,3)12-24/h4,10,13,16-21H,1,5-9,11H2,2-3H3/t13-,16-,17+,18+,19-,20+,21-,22-,23-/m0/s1. The largest absolute Gasteiger partial charge is 0.295 e. The van der Waals surface area contributed by atoms with E-state index in [1.807, 2.05) is 6.08 Å². The highest BCUT2D eigenvalue weighted by Gasteiger charge is 2.75. The zero-order valence-corrected chi connectivity index (χ0v) is 15.5. The van der Waals surface area contributed by atoms with E-state index in [0.717, 1.165) is 25.2 Å². The summed E-state index contributed by atoms with van der Waals surface area (Å²) in [5.41, 5.74) is 1.45. The van der Waals surface area contributed by atoms with Gasteiger partial charge in [-0.05, 0) is 91.9 Å². The highest BCUT2D eigenvalue weighted by atomic mass is 16.1. The molecule has 2 nitrogen and oxygen atoms in total. The van der Waals surface area contributed by atoms with Gasteiger partial charge in [-0.1, -0.05) is 18.6 Å². The van der Waals surface area contributed by atoms with E-state index in [-0.39, 0.29) is 10.8 Å². The second kappa shape index (κ2) is 4.87. The maximum absolute atomic E-state index is 12.0. The van der Waals surface area contributed by atoms with Gasteiger partial charge in [0.05, 0.1) is 11.5 Å².